The van der Waals surface area contributed by atoms with E-state index < -0.39 is 0 Å². The lowest BCUT2D eigenvalue weighted by Crippen LogP contribution is -2.42. The molecule has 1 aromatic heterocycles. The van der Waals surface area contributed by atoms with Crippen molar-refractivity contribution < 1.29 is 0 Å². The number of anilines is 1. The van der Waals surface area contributed by atoms with Crippen molar-refractivity contribution in [1.82, 2.24) is 14.9 Å². The molecule has 4 nitrogen and oxygen atoms in total. The quantitative estimate of drug-likeness (QED) is 0.888. The SMILES string of the molecule is CNc1cnc(CN2CCCC3CCCC32)cn1. The Morgan fingerprint density at radius 3 is 2.89 bits per heavy atom. The second-order valence-electron chi connectivity index (χ2n) is 5.51. The van der Waals surface area contributed by atoms with Gasteiger partial charge in [-0.3, -0.25) is 9.88 Å². The fourth-order valence-electron chi connectivity index (χ4n) is 3.53. The summed E-state index contributed by atoms with van der Waals surface area (Å²) in [5, 5.41) is 3.01. The van der Waals surface area contributed by atoms with Gasteiger partial charge in [-0.05, 0) is 38.1 Å². The molecule has 0 spiro atoms. The van der Waals surface area contributed by atoms with Gasteiger partial charge in [0.25, 0.3) is 0 Å². The lowest BCUT2D eigenvalue weighted by atomic mass is 9.92. The van der Waals surface area contributed by atoms with Gasteiger partial charge in [0, 0.05) is 19.6 Å². The minimum Gasteiger partial charge on any atom is -0.372 e. The Hall–Kier alpha value is -1.16. The standard InChI is InChI=1S/C14H22N4/c1-15-14-9-16-12(8-17-14)10-18-7-3-5-11-4-2-6-13(11)18/h8-9,11,13H,2-7,10H2,1H3,(H,15,17). The Morgan fingerprint density at radius 2 is 2.11 bits per heavy atom. The van der Waals surface area contributed by atoms with Crippen LogP contribution in [0.25, 0.3) is 0 Å². The molecule has 1 aromatic rings. The smallest absolute Gasteiger partial charge is 0.144 e. The average molecular weight is 246 g/mol. The molecule has 2 heterocycles. The zero-order valence-electron chi connectivity index (χ0n) is 11.1. The molecule has 4 heteroatoms. The maximum atomic E-state index is 4.49. The second-order valence-corrected chi connectivity index (χ2v) is 5.51. The van der Waals surface area contributed by atoms with E-state index in [0.717, 1.165) is 30.0 Å². The van der Waals surface area contributed by atoms with E-state index in [1.165, 1.54) is 38.6 Å². The topological polar surface area (TPSA) is 41.1 Å². The molecule has 2 fully saturated rings. The van der Waals surface area contributed by atoms with Gasteiger partial charge in [0.1, 0.15) is 5.82 Å². The third-order valence-corrected chi connectivity index (χ3v) is 4.43. The third-order valence-electron chi connectivity index (χ3n) is 4.43. The van der Waals surface area contributed by atoms with E-state index in [4.69, 9.17) is 0 Å². The molecule has 2 unspecified atom stereocenters. The number of fused-ring (bicyclic) bond motifs is 1. The molecule has 18 heavy (non-hydrogen) atoms. The second kappa shape index (κ2) is 5.22. The van der Waals surface area contributed by atoms with Crippen LogP contribution in [0.15, 0.2) is 12.4 Å². The van der Waals surface area contributed by atoms with Crippen LogP contribution >= 0.6 is 0 Å². The Labute approximate surface area is 109 Å². The summed E-state index contributed by atoms with van der Waals surface area (Å²) in [6.45, 7) is 2.20. The van der Waals surface area contributed by atoms with Crippen LogP contribution in [0.1, 0.15) is 37.8 Å². The first-order valence-corrected chi connectivity index (χ1v) is 7.09. The van der Waals surface area contributed by atoms with E-state index in [9.17, 15) is 0 Å². The summed E-state index contributed by atoms with van der Waals surface area (Å²) in [6.07, 6.45) is 10.7. The van der Waals surface area contributed by atoms with Crippen LogP contribution in [-0.2, 0) is 6.54 Å². The van der Waals surface area contributed by atoms with E-state index in [0.29, 0.717) is 0 Å². The zero-order valence-corrected chi connectivity index (χ0v) is 11.1. The highest BCUT2D eigenvalue weighted by Crippen LogP contribution is 2.37. The van der Waals surface area contributed by atoms with Gasteiger partial charge in [-0.15, -0.1) is 0 Å². The highest BCUT2D eigenvalue weighted by Gasteiger charge is 2.34. The first kappa shape index (κ1) is 11.9. The number of likely N-dealkylation sites (tertiary alicyclic amines) is 1. The zero-order chi connectivity index (χ0) is 12.4. The summed E-state index contributed by atoms with van der Waals surface area (Å²) in [7, 11) is 1.87. The minimum atomic E-state index is 0.810. The van der Waals surface area contributed by atoms with Crippen molar-refractivity contribution in [3.63, 3.8) is 0 Å². The highest BCUT2D eigenvalue weighted by atomic mass is 15.2. The lowest BCUT2D eigenvalue weighted by Gasteiger charge is -2.37. The van der Waals surface area contributed by atoms with Crippen molar-refractivity contribution in [2.24, 2.45) is 5.92 Å². The number of hydrogen-bond donors (Lipinski definition) is 1. The van der Waals surface area contributed by atoms with Gasteiger partial charge in [0.2, 0.25) is 0 Å². The molecule has 1 N–H and O–H groups in total. The van der Waals surface area contributed by atoms with Gasteiger partial charge in [-0.2, -0.15) is 0 Å². The number of nitrogens with zero attached hydrogens (tertiary/aromatic N) is 3. The summed E-state index contributed by atoms with van der Waals surface area (Å²) in [4.78, 5) is 11.5. The normalized spacial score (nSPS) is 28.1. The third kappa shape index (κ3) is 2.34. The van der Waals surface area contributed by atoms with E-state index in [2.05, 4.69) is 20.2 Å². The van der Waals surface area contributed by atoms with Gasteiger partial charge in [-0.25, -0.2) is 4.98 Å². The summed E-state index contributed by atoms with van der Waals surface area (Å²) in [5.41, 5.74) is 1.10. The Balaban J connectivity index is 1.67. The molecule has 2 aliphatic rings. The van der Waals surface area contributed by atoms with Crippen LogP contribution in [0.2, 0.25) is 0 Å². The van der Waals surface area contributed by atoms with Crippen molar-refractivity contribution in [1.29, 1.82) is 0 Å². The number of rotatable bonds is 3. The van der Waals surface area contributed by atoms with Gasteiger partial charge in [0.15, 0.2) is 0 Å². The van der Waals surface area contributed by atoms with Crippen LogP contribution in [0.5, 0.6) is 0 Å². The molecule has 1 saturated carbocycles. The van der Waals surface area contributed by atoms with Crippen molar-refractivity contribution in [2.75, 3.05) is 18.9 Å². The summed E-state index contributed by atoms with van der Waals surface area (Å²) in [5.74, 6) is 1.79. The van der Waals surface area contributed by atoms with E-state index >= 15 is 0 Å². The van der Waals surface area contributed by atoms with Gasteiger partial charge < -0.3 is 5.32 Å². The predicted octanol–water partition coefficient (Wildman–Crippen LogP) is 2.28. The minimum absolute atomic E-state index is 0.810. The molecule has 0 bridgehead atoms. The molecular formula is C14H22N4. The van der Waals surface area contributed by atoms with E-state index in [-0.39, 0.29) is 0 Å². The molecule has 3 rings (SSSR count). The Morgan fingerprint density at radius 1 is 1.22 bits per heavy atom. The first-order chi connectivity index (χ1) is 8.86. The van der Waals surface area contributed by atoms with Gasteiger partial charge in [0.05, 0.1) is 18.1 Å². The molecule has 1 aliphatic heterocycles. The molecule has 98 valence electrons. The molecule has 2 atom stereocenters. The maximum Gasteiger partial charge on any atom is 0.144 e. The number of hydrogen-bond acceptors (Lipinski definition) is 4. The van der Waals surface area contributed by atoms with Crippen LogP contribution in [-0.4, -0.2) is 34.5 Å². The van der Waals surface area contributed by atoms with Crippen molar-refractivity contribution in [2.45, 2.75) is 44.7 Å². The molecule has 0 radical (unpaired) electrons. The Kier molecular flexibility index (Phi) is 3.46. The monoisotopic (exact) mass is 246 g/mol. The molecule has 1 aliphatic carbocycles. The molecule has 0 amide bonds. The van der Waals surface area contributed by atoms with Gasteiger partial charge >= 0.3 is 0 Å². The van der Waals surface area contributed by atoms with Crippen LogP contribution in [0, 0.1) is 5.92 Å². The fourth-order valence-corrected chi connectivity index (χ4v) is 3.53. The maximum absolute atomic E-state index is 4.49. The Bertz CT molecular complexity index is 389. The lowest BCUT2D eigenvalue weighted by molar-refractivity contribution is 0.104. The number of piperidine rings is 1. The van der Waals surface area contributed by atoms with Crippen LogP contribution in [0.3, 0.4) is 0 Å². The summed E-state index contributed by atoms with van der Waals surface area (Å²) in [6, 6.07) is 0.810. The van der Waals surface area contributed by atoms with Crippen molar-refractivity contribution in [3.8, 4) is 0 Å². The largest absolute Gasteiger partial charge is 0.372 e. The molecule has 1 saturated heterocycles. The van der Waals surface area contributed by atoms with Crippen LogP contribution < -0.4 is 5.32 Å². The van der Waals surface area contributed by atoms with Crippen LogP contribution in [0.4, 0.5) is 5.82 Å². The van der Waals surface area contributed by atoms with Gasteiger partial charge in [-0.1, -0.05) is 6.42 Å². The average Bonchev–Trinajstić information content (AvgIpc) is 2.89. The van der Waals surface area contributed by atoms with Crippen molar-refractivity contribution >= 4 is 5.82 Å². The number of aromatic nitrogens is 2. The number of nitrogens with one attached hydrogen (secondary N) is 1. The first-order valence-electron chi connectivity index (χ1n) is 7.09. The predicted molar refractivity (Wildman–Crippen MR) is 72.4 cm³/mol. The summed E-state index contributed by atoms with van der Waals surface area (Å²) >= 11 is 0. The van der Waals surface area contributed by atoms with E-state index in [1.54, 1.807) is 0 Å². The van der Waals surface area contributed by atoms with E-state index in [1.807, 2.05) is 19.4 Å². The summed E-state index contributed by atoms with van der Waals surface area (Å²) < 4.78 is 0. The molecule has 0 aromatic carbocycles. The fraction of sp³-hybridized carbons (Fsp3) is 0.714. The highest BCUT2D eigenvalue weighted by molar-refractivity contribution is 5.29. The molecular weight excluding hydrogens is 224 g/mol. The van der Waals surface area contributed by atoms with Crippen molar-refractivity contribution in [3.05, 3.63) is 18.1 Å².